The number of nitrogens with zero attached hydrogens (tertiary/aromatic N) is 4. The van der Waals surface area contributed by atoms with Gasteiger partial charge in [0, 0.05) is 51.2 Å². The number of carbonyl (C=O) groups excluding carboxylic acids is 2. The van der Waals surface area contributed by atoms with Gasteiger partial charge in [-0.25, -0.2) is 0 Å². The Bertz CT molecular complexity index is 1020. The monoisotopic (exact) mass is 485 g/mol. The van der Waals surface area contributed by atoms with E-state index in [4.69, 9.17) is 9.47 Å². The SMILES string of the molecule is CCOC(=O)CN1CCN(C2CCN(C(=O)[C@H](C)Cc3cc(C)c4[nH]c(OC)nc4c3)CC2)CC1. The number of esters is 1. The van der Waals surface area contributed by atoms with E-state index in [-0.39, 0.29) is 17.8 Å². The van der Waals surface area contributed by atoms with Crippen LogP contribution in [0.2, 0.25) is 0 Å². The van der Waals surface area contributed by atoms with Gasteiger partial charge in [-0.2, -0.15) is 4.98 Å². The Morgan fingerprint density at radius 1 is 1.14 bits per heavy atom. The number of methoxy groups -OCH3 is 1. The van der Waals surface area contributed by atoms with E-state index in [9.17, 15) is 9.59 Å². The smallest absolute Gasteiger partial charge is 0.320 e. The Balaban J connectivity index is 1.25. The molecule has 1 aromatic carbocycles. The van der Waals surface area contributed by atoms with Crippen LogP contribution in [0.15, 0.2) is 12.1 Å². The topological polar surface area (TPSA) is 91.0 Å². The number of nitrogens with one attached hydrogen (secondary N) is 1. The van der Waals surface area contributed by atoms with Gasteiger partial charge < -0.3 is 19.4 Å². The van der Waals surface area contributed by atoms with Crippen LogP contribution in [-0.2, 0) is 20.7 Å². The van der Waals surface area contributed by atoms with E-state index in [0.29, 0.717) is 31.6 Å². The molecule has 192 valence electrons. The first-order valence-corrected chi connectivity index (χ1v) is 12.8. The van der Waals surface area contributed by atoms with Crippen LogP contribution in [0, 0.1) is 12.8 Å². The van der Waals surface area contributed by atoms with Crippen LogP contribution in [0.1, 0.15) is 37.8 Å². The van der Waals surface area contributed by atoms with E-state index in [1.54, 1.807) is 7.11 Å². The van der Waals surface area contributed by atoms with Crippen LogP contribution in [0.5, 0.6) is 6.01 Å². The number of benzene rings is 1. The summed E-state index contributed by atoms with van der Waals surface area (Å²) in [4.78, 5) is 39.3. The standard InChI is InChI=1S/C26H39N5O4/c1-5-35-23(32)17-29-10-12-30(13-11-29)21-6-8-31(9-7-21)25(33)19(3)15-20-14-18(2)24-22(16-20)27-26(28-24)34-4/h14,16,19,21H,5-13,15,17H2,1-4H3,(H,27,28)/t19-/m1/s1. The lowest BCUT2D eigenvalue weighted by atomic mass is 9.96. The molecule has 0 unspecified atom stereocenters. The van der Waals surface area contributed by atoms with Crippen molar-refractivity contribution in [1.82, 2.24) is 24.7 Å². The van der Waals surface area contributed by atoms with Crippen LogP contribution < -0.4 is 4.74 Å². The molecule has 2 aliphatic rings. The zero-order valence-corrected chi connectivity index (χ0v) is 21.5. The minimum absolute atomic E-state index is 0.0735. The lowest BCUT2D eigenvalue weighted by Crippen LogP contribution is -2.54. The first kappa shape index (κ1) is 25.4. The molecular formula is C26H39N5O4. The summed E-state index contributed by atoms with van der Waals surface area (Å²) in [5.41, 5.74) is 4.09. The number of imidazole rings is 1. The van der Waals surface area contributed by atoms with Gasteiger partial charge in [-0.3, -0.25) is 19.4 Å². The molecule has 3 heterocycles. The molecule has 2 aromatic rings. The van der Waals surface area contributed by atoms with Gasteiger partial charge in [0.15, 0.2) is 0 Å². The lowest BCUT2D eigenvalue weighted by molar-refractivity contribution is -0.144. The molecule has 1 atom stereocenters. The maximum atomic E-state index is 13.2. The third kappa shape index (κ3) is 6.13. The number of piperazine rings is 1. The van der Waals surface area contributed by atoms with E-state index in [1.165, 1.54) is 0 Å². The highest BCUT2D eigenvalue weighted by molar-refractivity contribution is 5.81. The summed E-state index contributed by atoms with van der Waals surface area (Å²) in [6.45, 7) is 12.1. The minimum atomic E-state index is -0.138. The third-order valence-corrected chi connectivity index (χ3v) is 7.34. The highest BCUT2D eigenvalue weighted by Gasteiger charge is 2.31. The minimum Gasteiger partial charge on any atom is -0.468 e. The average molecular weight is 486 g/mol. The number of rotatable bonds is 8. The number of fused-ring (bicyclic) bond motifs is 1. The summed E-state index contributed by atoms with van der Waals surface area (Å²) < 4.78 is 10.3. The number of hydrogen-bond acceptors (Lipinski definition) is 7. The zero-order valence-electron chi connectivity index (χ0n) is 21.5. The maximum absolute atomic E-state index is 13.2. The van der Waals surface area contributed by atoms with Crippen LogP contribution in [0.3, 0.4) is 0 Å². The van der Waals surface area contributed by atoms with Crippen molar-refractivity contribution in [2.24, 2.45) is 5.92 Å². The van der Waals surface area contributed by atoms with Crippen molar-refractivity contribution < 1.29 is 19.1 Å². The number of hydrogen-bond donors (Lipinski definition) is 1. The average Bonchev–Trinajstić information content (AvgIpc) is 3.28. The molecule has 9 nitrogen and oxygen atoms in total. The van der Waals surface area contributed by atoms with Crippen LogP contribution in [-0.4, -0.2) is 102 Å². The van der Waals surface area contributed by atoms with Crippen molar-refractivity contribution in [1.29, 1.82) is 0 Å². The molecular weight excluding hydrogens is 446 g/mol. The number of aromatic amines is 1. The quantitative estimate of drug-likeness (QED) is 0.574. The number of ether oxygens (including phenoxy) is 2. The second-order valence-corrected chi connectivity index (χ2v) is 9.83. The molecule has 0 saturated carbocycles. The predicted molar refractivity (Wildman–Crippen MR) is 134 cm³/mol. The molecule has 2 saturated heterocycles. The van der Waals surface area contributed by atoms with Crippen molar-refractivity contribution in [2.45, 2.75) is 46.1 Å². The number of piperidine rings is 1. The Labute approximate surface area is 207 Å². The van der Waals surface area contributed by atoms with Crippen molar-refractivity contribution >= 4 is 22.9 Å². The van der Waals surface area contributed by atoms with Gasteiger partial charge in [0.2, 0.25) is 5.91 Å². The van der Waals surface area contributed by atoms with Gasteiger partial charge in [-0.1, -0.05) is 13.0 Å². The number of carbonyl (C=O) groups is 2. The van der Waals surface area contributed by atoms with E-state index in [0.717, 1.165) is 74.3 Å². The summed E-state index contributed by atoms with van der Waals surface area (Å²) >= 11 is 0. The molecule has 1 aromatic heterocycles. The summed E-state index contributed by atoms with van der Waals surface area (Å²) in [7, 11) is 1.60. The largest absolute Gasteiger partial charge is 0.468 e. The number of aromatic nitrogens is 2. The maximum Gasteiger partial charge on any atom is 0.320 e. The molecule has 1 N–H and O–H groups in total. The lowest BCUT2D eigenvalue weighted by Gasteiger charge is -2.43. The molecule has 35 heavy (non-hydrogen) atoms. The fraction of sp³-hybridized carbons (Fsp3) is 0.654. The van der Waals surface area contributed by atoms with Gasteiger partial charge in [-0.15, -0.1) is 0 Å². The van der Waals surface area contributed by atoms with Crippen molar-refractivity contribution in [3.05, 3.63) is 23.3 Å². The van der Waals surface area contributed by atoms with Gasteiger partial charge in [-0.05, 0) is 50.3 Å². The molecule has 0 radical (unpaired) electrons. The molecule has 0 spiro atoms. The van der Waals surface area contributed by atoms with Crippen LogP contribution in [0.4, 0.5) is 0 Å². The zero-order chi connectivity index (χ0) is 24.9. The molecule has 2 fully saturated rings. The van der Waals surface area contributed by atoms with Gasteiger partial charge in [0.05, 0.1) is 31.3 Å². The second kappa shape index (κ2) is 11.4. The third-order valence-electron chi connectivity index (χ3n) is 7.34. The van der Waals surface area contributed by atoms with E-state index in [2.05, 4.69) is 38.8 Å². The molecule has 4 rings (SSSR count). The normalized spacial score (nSPS) is 19.1. The van der Waals surface area contributed by atoms with E-state index < -0.39 is 0 Å². The fourth-order valence-electron chi connectivity index (χ4n) is 5.43. The molecule has 0 bridgehead atoms. The summed E-state index contributed by atoms with van der Waals surface area (Å²) in [5.74, 6) is 0.0248. The van der Waals surface area contributed by atoms with Crippen LogP contribution >= 0.6 is 0 Å². The number of likely N-dealkylation sites (tertiary alicyclic amines) is 1. The van der Waals surface area contributed by atoms with Gasteiger partial charge in [0.25, 0.3) is 6.01 Å². The Kier molecular flexibility index (Phi) is 8.28. The van der Waals surface area contributed by atoms with Crippen LogP contribution in [0.25, 0.3) is 11.0 Å². The summed E-state index contributed by atoms with van der Waals surface area (Å²) in [5, 5.41) is 0. The summed E-state index contributed by atoms with van der Waals surface area (Å²) in [6.07, 6.45) is 2.72. The molecule has 2 aliphatic heterocycles. The first-order valence-electron chi connectivity index (χ1n) is 12.8. The van der Waals surface area contributed by atoms with Gasteiger partial charge >= 0.3 is 5.97 Å². The van der Waals surface area contributed by atoms with E-state index in [1.807, 2.05) is 18.7 Å². The summed E-state index contributed by atoms with van der Waals surface area (Å²) in [6, 6.07) is 5.21. The molecule has 1 amide bonds. The Hall–Kier alpha value is -2.65. The second-order valence-electron chi connectivity index (χ2n) is 9.83. The Morgan fingerprint density at radius 3 is 2.51 bits per heavy atom. The van der Waals surface area contributed by atoms with E-state index >= 15 is 0 Å². The predicted octanol–water partition coefficient (Wildman–Crippen LogP) is 2.23. The Morgan fingerprint density at radius 2 is 1.86 bits per heavy atom. The highest BCUT2D eigenvalue weighted by atomic mass is 16.5. The number of H-pyrrole nitrogens is 1. The number of aryl methyl sites for hydroxylation is 1. The van der Waals surface area contributed by atoms with Crippen molar-refractivity contribution in [2.75, 3.05) is 59.5 Å². The fourth-order valence-corrected chi connectivity index (χ4v) is 5.43. The van der Waals surface area contributed by atoms with Gasteiger partial charge in [0.1, 0.15) is 0 Å². The highest BCUT2D eigenvalue weighted by Crippen LogP contribution is 2.25. The van der Waals surface area contributed by atoms with Crippen molar-refractivity contribution in [3.8, 4) is 6.01 Å². The molecule has 0 aliphatic carbocycles. The number of amides is 1. The van der Waals surface area contributed by atoms with Crippen molar-refractivity contribution in [3.63, 3.8) is 0 Å². The molecule has 9 heteroatoms. The first-order chi connectivity index (χ1) is 16.9.